The first kappa shape index (κ1) is 18.6. The van der Waals surface area contributed by atoms with Crippen LogP contribution in [0.2, 0.25) is 0 Å². The van der Waals surface area contributed by atoms with E-state index in [0.717, 1.165) is 26.1 Å². The van der Waals surface area contributed by atoms with Crippen LogP contribution in [0.3, 0.4) is 0 Å². The molecular formula is C22H29N3O. The van der Waals surface area contributed by atoms with Gasteiger partial charge in [0.05, 0.1) is 6.04 Å². The molecule has 0 aromatic heterocycles. The van der Waals surface area contributed by atoms with Gasteiger partial charge >= 0.3 is 0 Å². The van der Waals surface area contributed by atoms with Crippen LogP contribution in [0.25, 0.3) is 11.1 Å². The molecule has 0 radical (unpaired) electrons. The molecule has 1 fully saturated rings. The van der Waals surface area contributed by atoms with Crippen LogP contribution >= 0.6 is 0 Å². The molecule has 2 aromatic carbocycles. The molecule has 0 unspecified atom stereocenters. The Morgan fingerprint density at radius 1 is 1.15 bits per heavy atom. The second-order valence-electron chi connectivity index (χ2n) is 7.60. The highest BCUT2D eigenvalue weighted by atomic mass is 16.1. The maximum atomic E-state index is 11.5. The van der Waals surface area contributed by atoms with Crippen molar-refractivity contribution in [3.8, 4) is 11.1 Å². The van der Waals surface area contributed by atoms with Gasteiger partial charge in [0.2, 0.25) is 5.91 Å². The van der Waals surface area contributed by atoms with Crippen molar-refractivity contribution in [2.45, 2.75) is 38.9 Å². The maximum Gasteiger partial charge on any atom is 0.234 e. The van der Waals surface area contributed by atoms with E-state index in [4.69, 9.17) is 5.73 Å². The first-order valence-electron chi connectivity index (χ1n) is 9.44. The molecule has 1 saturated heterocycles. The SMILES string of the molecule is CC(C)CN(Cc1ccccc1-c1ccccc1)[C@H]1CN[C@H](C(N)=O)C1. The summed E-state index contributed by atoms with van der Waals surface area (Å²) in [7, 11) is 0. The number of nitrogens with two attached hydrogens (primary N) is 1. The summed E-state index contributed by atoms with van der Waals surface area (Å²) in [6.07, 6.45) is 0.787. The summed E-state index contributed by atoms with van der Waals surface area (Å²) >= 11 is 0. The number of carbonyl (C=O) groups excluding carboxylic acids is 1. The lowest BCUT2D eigenvalue weighted by Crippen LogP contribution is -2.38. The molecular weight excluding hydrogens is 322 g/mol. The van der Waals surface area contributed by atoms with Crippen LogP contribution < -0.4 is 11.1 Å². The van der Waals surface area contributed by atoms with Crippen LogP contribution in [0.5, 0.6) is 0 Å². The maximum absolute atomic E-state index is 11.5. The molecule has 0 spiro atoms. The molecule has 2 atom stereocenters. The standard InChI is InChI=1S/C22H29N3O/c1-16(2)14-25(19-12-21(22(23)26)24-13-19)15-18-10-6-7-11-20(18)17-8-4-3-5-9-17/h3-11,16,19,21,24H,12-15H2,1-2H3,(H2,23,26)/t19-,21+/m1/s1. The molecule has 0 aliphatic carbocycles. The topological polar surface area (TPSA) is 58.4 Å². The first-order chi connectivity index (χ1) is 12.5. The highest BCUT2D eigenvalue weighted by molar-refractivity contribution is 5.80. The number of carbonyl (C=O) groups is 1. The number of amides is 1. The largest absolute Gasteiger partial charge is 0.368 e. The van der Waals surface area contributed by atoms with Crippen molar-refractivity contribution < 1.29 is 4.79 Å². The number of benzene rings is 2. The van der Waals surface area contributed by atoms with Crippen molar-refractivity contribution in [2.75, 3.05) is 13.1 Å². The molecule has 3 rings (SSSR count). The van der Waals surface area contributed by atoms with Gasteiger partial charge in [0.25, 0.3) is 0 Å². The van der Waals surface area contributed by atoms with Gasteiger partial charge in [0.1, 0.15) is 0 Å². The monoisotopic (exact) mass is 351 g/mol. The molecule has 4 heteroatoms. The highest BCUT2D eigenvalue weighted by Gasteiger charge is 2.32. The van der Waals surface area contributed by atoms with E-state index in [1.165, 1.54) is 16.7 Å². The van der Waals surface area contributed by atoms with Gasteiger partial charge in [-0.1, -0.05) is 68.4 Å². The minimum atomic E-state index is -0.248. The van der Waals surface area contributed by atoms with E-state index < -0.39 is 0 Å². The Morgan fingerprint density at radius 3 is 2.50 bits per heavy atom. The second-order valence-corrected chi connectivity index (χ2v) is 7.60. The zero-order valence-electron chi connectivity index (χ0n) is 15.7. The fourth-order valence-corrected chi connectivity index (χ4v) is 3.80. The fourth-order valence-electron chi connectivity index (χ4n) is 3.80. The quantitative estimate of drug-likeness (QED) is 0.806. The van der Waals surface area contributed by atoms with Gasteiger partial charge in [0, 0.05) is 25.7 Å². The van der Waals surface area contributed by atoms with Crippen LogP contribution in [0.15, 0.2) is 54.6 Å². The van der Waals surface area contributed by atoms with Crippen LogP contribution in [0, 0.1) is 5.92 Å². The predicted molar refractivity (Wildman–Crippen MR) is 107 cm³/mol. The number of primary amides is 1. The normalized spacial score (nSPS) is 20.0. The van der Waals surface area contributed by atoms with Gasteiger partial charge in [-0.15, -0.1) is 0 Å². The van der Waals surface area contributed by atoms with Crippen molar-refractivity contribution in [1.82, 2.24) is 10.2 Å². The smallest absolute Gasteiger partial charge is 0.234 e. The average Bonchev–Trinajstić information content (AvgIpc) is 3.12. The van der Waals surface area contributed by atoms with Crippen molar-refractivity contribution >= 4 is 5.91 Å². The van der Waals surface area contributed by atoms with Crippen molar-refractivity contribution in [2.24, 2.45) is 11.7 Å². The Bertz CT molecular complexity index is 729. The average molecular weight is 351 g/mol. The van der Waals surface area contributed by atoms with Gasteiger partial charge < -0.3 is 11.1 Å². The zero-order chi connectivity index (χ0) is 18.5. The van der Waals surface area contributed by atoms with Crippen molar-refractivity contribution in [3.63, 3.8) is 0 Å². The number of hydrogen-bond donors (Lipinski definition) is 2. The summed E-state index contributed by atoms with van der Waals surface area (Å²) in [6.45, 7) is 7.17. The first-order valence-corrected chi connectivity index (χ1v) is 9.44. The molecule has 4 nitrogen and oxygen atoms in total. The van der Waals surface area contributed by atoms with Gasteiger partial charge in [-0.25, -0.2) is 0 Å². The van der Waals surface area contributed by atoms with Gasteiger partial charge in [-0.3, -0.25) is 9.69 Å². The zero-order valence-corrected chi connectivity index (χ0v) is 15.7. The summed E-state index contributed by atoms with van der Waals surface area (Å²) in [5.74, 6) is 0.313. The molecule has 1 amide bonds. The predicted octanol–water partition coefficient (Wildman–Crippen LogP) is 3.03. The van der Waals surface area contributed by atoms with Crippen molar-refractivity contribution in [3.05, 3.63) is 60.2 Å². The summed E-state index contributed by atoms with van der Waals surface area (Å²) in [5, 5.41) is 3.28. The molecule has 3 N–H and O–H groups in total. The van der Waals surface area contributed by atoms with E-state index in [0.29, 0.717) is 12.0 Å². The van der Waals surface area contributed by atoms with Crippen LogP contribution in [-0.4, -0.2) is 36.0 Å². The van der Waals surface area contributed by atoms with E-state index in [-0.39, 0.29) is 11.9 Å². The molecule has 1 aliphatic rings. The highest BCUT2D eigenvalue weighted by Crippen LogP contribution is 2.26. The lowest BCUT2D eigenvalue weighted by Gasteiger charge is -2.31. The number of hydrogen-bond acceptors (Lipinski definition) is 3. The molecule has 2 aromatic rings. The minimum absolute atomic E-state index is 0.209. The molecule has 26 heavy (non-hydrogen) atoms. The minimum Gasteiger partial charge on any atom is -0.368 e. The number of rotatable bonds is 7. The van der Waals surface area contributed by atoms with Gasteiger partial charge in [-0.05, 0) is 29.0 Å². The summed E-state index contributed by atoms with van der Waals surface area (Å²) in [5.41, 5.74) is 9.34. The Hall–Kier alpha value is -2.17. The molecule has 1 heterocycles. The van der Waals surface area contributed by atoms with E-state index in [9.17, 15) is 4.79 Å². The molecule has 0 bridgehead atoms. The lowest BCUT2D eigenvalue weighted by atomic mass is 9.98. The van der Waals surface area contributed by atoms with E-state index in [2.05, 4.69) is 72.6 Å². The fraction of sp³-hybridized carbons (Fsp3) is 0.409. The van der Waals surface area contributed by atoms with Crippen LogP contribution in [0.1, 0.15) is 25.8 Å². The second kappa shape index (κ2) is 8.47. The number of nitrogens with zero attached hydrogens (tertiary/aromatic N) is 1. The van der Waals surface area contributed by atoms with Gasteiger partial charge in [-0.2, -0.15) is 0 Å². The Kier molecular flexibility index (Phi) is 6.07. The summed E-state index contributed by atoms with van der Waals surface area (Å²) in [4.78, 5) is 14.0. The van der Waals surface area contributed by atoms with Gasteiger partial charge in [0.15, 0.2) is 0 Å². The molecule has 0 saturated carbocycles. The Balaban J connectivity index is 1.83. The number of nitrogens with one attached hydrogen (secondary N) is 1. The summed E-state index contributed by atoms with van der Waals surface area (Å²) in [6, 6.07) is 19.3. The lowest BCUT2D eigenvalue weighted by molar-refractivity contribution is -0.119. The molecule has 138 valence electrons. The van der Waals surface area contributed by atoms with E-state index in [1.807, 2.05) is 6.07 Å². The van der Waals surface area contributed by atoms with Crippen LogP contribution in [-0.2, 0) is 11.3 Å². The Labute approximate surface area is 156 Å². The van der Waals surface area contributed by atoms with E-state index >= 15 is 0 Å². The van der Waals surface area contributed by atoms with E-state index in [1.54, 1.807) is 0 Å². The summed E-state index contributed by atoms with van der Waals surface area (Å²) < 4.78 is 0. The van der Waals surface area contributed by atoms with Crippen LogP contribution in [0.4, 0.5) is 0 Å². The molecule has 1 aliphatic heterocycles. The third-order valence-corrected chi connectivity index (χ3v) is 5.04. The third kappa shape index (κ3) is 4.51. The Morgan fingerprint density at radius 2 is 1.85 bits per heavy atom. The van der Waals surface area contributed by atoms with Crippen molar-refractivity contribution in [1.29, 1.82) is 0 Å². The third-order valence-electron chi connectivity index (χ3n) is 5.04.